The van der Waals surface area contributed by atoms with Crippen LogP contribution in [-0.4, -0.2) is 43.7 Å². The summed E-state index contributed by atoms with van der Waals surface area (Å²) in [6.45, 7) is 3.65. The first-order valence-corrected chi connectivity index (χ1v) is 14.6. The molecule has 36 heavy (non-hydrogen) atoms. The fourth-order valence-corrected chi connectivity index (χ4v) is 5.34. The molecule has 0 aromatic rings. The van der Waals surface area contributed by atoms with E-state index in [2.05, 4.69) is 31.2 Å². The molecule has 2 aliphatic heterocycles. The average molecular weight is 505 g/mol. The van der Waals surface area contributed by atoms with E-state index in [1.54, 1.807) is 0 Å². The van der Waals surface area contributed by atoms with Crippen molar-refractivity contribution < 1.29 is 28.5 Å². The van der Waals surface area contributed by atoms with Crippen molar-refractivity contribution in [1.82, 2.24) is 0 Å². The number of carbonyl (C=O) groups is 2. The van der Waals surface area contributed by atoms with Crippen LogP contribution in [0.3, 0.4) is 0 Å². The number of ether oxygens (including phenoxy) is 4. The number of ketones is 1. The second-order valence-electron chi connectivity index (χ2n) is 10.5. The third-order valence-corrected chi connectivity index (χ3v) is 7.47. The van der Waals surface area contributed by atoms with E-state index >= 15 is 0 Å². The monoisotopic (exact) mass is 504 g/mol. The molecule has 204 valence electrons. The minimum absolute atomic E-state index is 0.0462. The zero-order chi connectivity index (χ0) is 25.4. The Morgan fingerprint density at radius 1 is 0.917 bits per heavy atom. The van der Waals surface area contributed by atoms with Gasteiger partial charge in [-0.05, 0) is 64.2 Å². The number of hydrogen-bond acceptors (Lipinski definition) is 6. The third-order valence-electron chi connectivity index (χ3n) is 7.47. The molecule has 1 saturated carbocycles. The standard InChI is InChI=1S/C30H48O6/c1-2-3-4-5-6-10-17-25-24(26(31)23-27(25)35-29-19-12-14-21-33-29)16-9-7-8-11-18-28(32)36-30-20-13-15-22-34-30/h7,9-10,17,24-25,27,29-30H,2-6,8,11-16,18-23H2,1H3/b9-7?,17-10+/t24-,25-,27-,29?,30?/m1/s1. The number of rotatable bonds is 15. The Bertz CT molecular complexity index is 690. The summed E-state index contributed by atoms with van der Waals surface area (Å²) in [5.41, 5.74) is 0. The molecule has 1 aliphatic carbocycles. The van der Waals surface area contributed by atoms with Crippen LogP contribution >= 0.6 is 0 Å². The molecule has 3 rings (SSSR count). The number of unbranched alkanes of at least 4 members (excludes halogenated alkanes) is 5. The lowest BCUT2D eigenvalue weighted by Crippen LogP contribution is -2.30. The highest BCUT2D eigenvalue weighted by Gasteiger charge is 2.42. The zero-order valence-corrected chi connectivity index (χ0v) is 22.4. The van der Waals surface area contributed by atoms with Gasteiger partial charge in [-0.3, -0.25) is 9.59 Å². The van der Waals surface area contributed by atoms with Gasteiger partial charge < -0.3 is 18.9 Å². The fraction of sp³-hybridized carbons (Fsp3) is 0.800. The van der Waals surface area contributed by atoms with E-state index < -0.39 is 0 Å². The van der Waals surface area contributed by atoms with Gasteiger partial charge in [0.05, 0.1) is 12.7 Å². The fourth-order valence-electron chi connectivity index (χ4n) is 5.34. The number of carbonyl (C=O) groups excluding carboxylic acids is 2. The molecule has 2 saturated heterocycles. The van der Waals surface area contributed by atoms with E-state index in [1.165, 1.54) is 25.7 Å². The summed E-state index contributed by atoms with van der Waals surface area (Å²) in [5, 5.41) is 0. The summed E-state index contributed by atoms with van der Waals surface area (Å²) in [5.74, 6) is 0.159. The van der Waals surface area contributed by atoms with Crippen molar-refractivity contribution in [2.24, 2.45) is 11.8 Å². The Kier molecular flexibility index (Phi) is 13.8. The predicted molar refractivity (Wildman–Crippen MR) is 140 cm³/mol. The molecule has 2 heterocycles. The molecule has 3 fully saturated rings. The smallest absolute Gasteiger partial charge is 0.308 e. The summed E-state index contributed by atoms with van der Waals surface area (Å²) >= 11 is 0. The summed E-state index contributed by atoms with van der Waals surface area (Å²) < 4.78 is 23.0. The van der Waals surface area contributed by atoms with Crippen LogP contribution in [0.4, 0.5) is 0 Å². The number of esters is 1. The van der Waals surface area contributed by atoms with Crippen LogP contribution in [0.1, 0.15) is 110 Å². The van der Waals surface area contributed by atoms with Gasteiger partial charge in [0.2, 0.25) is 6.29 Å². The Labute approximate surface area is 218 Å². The van der Waals surface area contributed by atoms with Crippen LogP contribution in [0.2, 0.25) is 0 Å². The highest BCUT2D eigenvalue weighted by molar-refractivity contribution is 5.85. The first kappa shape index (κ1) is 29.1. The highest BCUT2D eigenvalue weighted by Crippen LogP contribution is 2.37. The largest absolute Gasteiger partial charge is 0.436 e. The van der Waals surface area contributed by atoms with Crippen molar-refractivity contribution >= 4 is 11.8 Å². The van der Waals surface area contributed by atoms with Crippen LogP contribution in [-0.2, 0) is 28.5 Å². The van der Waals surface area contributed by atoms with Gasteiger partial charge in [0.25, 0.3) is 0 Å². The molecule has 6 heteroatoms. The van der Waals surface area contributed by atoms with E-state index in [0.717, 1.165) is 70.8 Å². The summed E-state index contributed by atoms with van der Waals surface area (Å²) in [4.78, 5) is 25.0. The van der Waals surface area contributed by atoms with Gasteiger partial charge in [-0.25, -0.2) is 0 Å². The quantitative estimate of drug-likeness (QED) is 0.138. The molecule has 3 aliphatic rings. The van der Waals surface area contributed by atoms with E-state index in [4.69, 9.17) is 18.9 Å². The van der Waals surface area contributed by atoms with Crippen molar-refractivity contribution in [1.29, 1.82) is 0 Å². The molecule has 6 nitrogen and oxygen atoms in total. The van der Waals surface area contributed by atoms with Gasteiger partial charge in [0.1, 0.15) is 5.78 Å². The van der Waals surface area contributed by atoms with Crippen LogP contribution in [0.25, 0.3) is 0 Å². The van der Waals surface area contributed by atoms with Crippen molar-refractivity contribution in [2.75, 3.05) is 13.2 Å². The lowest BCUT2D eigenvalue weighted by molar-refractivity contribution is -0.192. The topological polar surface area (TPSA) is 71.1 Å². The van der Waals surface area contributed by atoms with Gasteiger partial charge in [-0.1, -0.05) is 50.5 Å². The molecule has 0 bridgehead atoms. The molecular weight excluding hydrogens is 456 g/mol. The Morgan fingerprint density at radius 2 is 1.67 bits per heavy atom. The van der Waals surface area contributed by atoms with Crippen molar-refractivity contribution in [3.8, 4) is 0 Å². The molecular formula is C30H48O6. The maximum Gasteiger partial charge on any atom is 0.308 e. The van der Waals surface area contributed by atoms with Crippen molar-refractivity contribution in [3.63, 3.8) is 0 Å². The molecule has 0 spiro atoms. The second-order valence-corrected chi connectivity index (χ2v) is 10.5. The van der Waals surface area contributed by atoms with Crippen LogP contribution in [0.15, 0.2) is 24.3 Å². The average Bonchev–Trinajstić information content (AvgIpc) is 3.18. The lowest BCUT2D eigenvalue weighted by atomic mass is 9.90. The molecule has 2 unspecified atom stereocenters. The van der Waals surface area contributed by atoms with Gasteiger partial charge in [-0.2, -0.15) is 0 Å². The number of Topliss-reactive ketones (excluding diaryl/α,β-unsaturated/α-hetero) is 1. The van der Waals surface area contributed by atoms with Gasteiger partial charge >= 0.3 is 5.97 Å². The third kappa shape index (κ3) is 10.5. The molecule has 0 amide bonds. The number of hydrogen-bond donors (Lipinski definition) is 0. The van der Waals surface area contributed by atoms with Crippen LogP contribution < -0.4 is 0 Å². The van der Waals surface area contributed by atoms with E-state index in [9.17, 15) is 9.59 Å². The predicted octanol–water partition coefficient (Wildman–Crippen LogP) is 6.82. The highest BCUT2D eigenvalue weighted by atomic mass is 16.7. The summed E-state index contributed by atoms with van der Waals surface area (Å²) in [6.07, 6.45) is 23.3. The maximum atomic E-state index is 12.9. The van der Waals surface area contributed by atoms with Gasteiger partial charge in [-0.15, -0.1) is 0 Å². The molecule has 0 aromatic heterocycles. The van der Waals surface area contributed by atoms with Gasteiger partial charge in [0, 0.05) is 37.7 Å². The Balaban J connectivity index is 1.44. The first-order valence-electron chi connectivity index (χ1n) is 14.6. The molecule has 5 atom stereocenters. The van der Waals surface area contributed by atoms with Crippen molar-refractivity contribution in [3.05, 3.63) is 24.3 Å². The summed E-state index contributed by atoms with van der Waals surface area (Å²) in [7, 11) is 0. The SMILES string of the molecule is CCCCCC/C=C/[C@H]1[C@H](OC2CCCCO2)CC(=O)[C@@H]1CC=CCCCC(=O)OC1CCCCO1. The van der Waals surface area contributed by atoms with Crippen LogP contribution in [0, 0.1) is 11.8 Å². The van der Waals surface area contributed by atoms with Gasteiger partial charge in [0.15, 0.2) is 6.29 Å². The molecule has 0 N–H and O–H groups in total. The maximum absolute atomic E-state index is 12.9. The molecule has 0 aromatic carbocycles. The zero-order valence-electron chi connectivity index (χ0n) is 22.4. The second kappa shape index (κ2) is 17.1. The Morgan fingerprint density at radius 3 is 2.39 bits per heavy atom. The minimum atomic E-state index is -0.360. The van der Waals surface area contributed by atoms with Crippen molar-refractivity contribution in [2.45, 2.75) is 128 Å². The van der Waals surface area contributed by atoms with E-state index in [0.29, 0.717) is 19.4 Å². The minimum Gasteiger partial charge on any atom is -0.436 e. The molecule has 0 radical (unpaired) electrons. The van der Waals surface area contributed by atoms with Crippen LogP contribution in [0.5, 0.6) is 0 Å². The Hall–Kier alpha value is -1.50. The lowest BCUT2D eigenvalue weighted by Gasteiger charge is -2.28. The normalized spacial score (nSPS) is 29.4. The van der Waals surface area contributed by atoms with E-state index in [-0.39, 0.29) is 42.3 Å². The first-order chi connectivity index (χ1) is 17.7. The summed E-state index contributed by atoms with van der Waals surface area (Å²) in [6, 6.07) is 0. The number of allylic oxidation sites excluding steroid dienone is 3. The van der Waals surface area contributed by atoms with E-state index in [1.807, 2.05) is 0 Å².